The van der Waals surface area contributed by atoms with Gasteiger partial charge in [0.15, 0.2) is 5.13 Å². The van der Waals surface area contributed by atoms with Crippen LogP contribution in [0.15, 0.2) is 52.7 Å². The molecular weight excluding hydrogens is 362 g/mol. The van der Waals surface area contributed by atoms with Crippen LogP contribution in [0, 0.1) is 0 Å². The number of nitrogens with one attached hydrogen (secondary N) is 1. The fourth-order valence-corrected chi connectivity index (χ4v) is 3.79. The smallest absolute Gasteiger partial charge is 0.257 e. The fourth-order valence-electron chi connectivity index (χ4n) is 2.88. The standard InChI is InChI=1S/C19H19N5O2S/c20-7-8-26-15-4-1-12(2-5-15)18(25)24-19-23-16-6-3-13(9-17(16)27-19)14-10-21-22-11-14/h1-6,9,14H,7-8,10-11,20H2,(H,23,24,25). The molecule has 1 amide bonds. The third-order valence-corrected chi connectivity index (χ3v) is 5.25. The third-order valence-electron chi connectivity index (χ3n) is 4.31. The number of nitrogens with two attached hydrogens (primary N) is 1. The monoisotopic (exact) mass is 381 g/mol. The van der Waals surface area contributed by atoms with Crippen molar-refractivity contribution in [3.63, 3.8) is 0 Å². The highest BCUT2D eigenvalue weighted by molar-refractivity contribution is 7.22. The van der Waals surface area contributed by atoms with Crippen molar-refractivity contribution in [1.29, 1.82) is 0 Å². The average Bonchev–Trinajstić information content (AvgIpc) is 3.35. The maximum Gasteiger partial charge on any atom is 0.257 e. The van der Waals surface area contributed by atoms with Crippen LogP contribution in [0.2, 0.25) is 0 Å². The molecule has 3 aromatic rings. The lowest BCUT2D eigenvalue weighted by Gasteiger charge is -2.05. The number of rotatable bonds is 6. The maximum absolute atomic E-state index is 12.5. The summed E-state index contributed by atoms with van der Waals surface area (Å²) in [5, 5.41) is 11.6. The molecule has 0 atom stereocenters. The first-order valence-corrected chi connectivity index (χ1v) is 9.52. The summed E-state index contributed by atoms with van der Waals surface area (Å²) in [5.74, 6) is 0.831. The molecule has 0 saturated carbocycles. The van der Waals surface area contributed by atoms with Gasteiger partial charge in [-0.3, -0.25) is 10.1 Å². The summed E-state index contributed by atoms with van der Waals surface area (Å²) in [5.41, 5.74) is 8.04. The maximum atomic E-state index is 12.5. The Labute approximate surface area is 160 Å². The summed E-state index contributed by atoms with van der Waals surface area (Å²) in [6.45, 7) is 2.37. The number of carbonyl (C=O) groups excluding carboxylic acids is 1. The summed E-state index contributed by atoms with van der Waals surface area (Å²) >= 11 is 1.46. The van der Waals surface area contributed by atoms with Crippen molar-refractivity contribution in [3.05, 3.63) is 53.6 Å². The van der Waals surface area contributed by atoms with Crippen LogP contribution in [-0.4, -0.2) is 37.1 Å². The van der Waals surface area contributed by atoms with E-state index in [1.165, 1.54) is 16.9 Å². The van der Waals surface area contributed by atoms with E-state index in [0.29, 0.717) is 35.5 Å². The van der Waals surface area contributed by atoms with Crippen molar-refractivity contribution in [2.45, 2.75) is 5.92 Å². The van der Waals surface area contributed by atoms with Gasteiger partial charge in [0.1, 0.15) is 12.4 Å². The van der Waals surface area contributed by atoms with E-state index < -0.39 is 0 Å². The summed E-state index contributed by atoms with van der Waals surface area (Å²) in [6, 6.07) is 13.1. The van der Waals surface area contributed by atoms with Gasteiger partial charge in [-0.25, -0.2) is 4.98 Å². The molecule has 1 aromatic heterocycles. The Kier molecular flexibility index (Phi) is 5.08. The average molecular weight is 381 g/mol. The minimum absolute atomic E-state index is 0.201. The van der Waals surface area contributed by atoms with Crippen LogP contribution < -0.4 is 15.8 Å². The van der Waals surface area contributed by atoms with E-state index in [4.69, 9.17) is 10.5 Å². The molecule has 0 spiro atoms. The number of hydrogen-bond donors (Lipinski definition) is 2. The highest BCUT2D eigenvalue weighted by Gasteiger charge is 2.17. The zero-order valence-corrected chi connectivity index (χ0v) is 15.4. The molecular formula is C19H19N5O2S. The number of aromatic nitrogens is 1. The Morgan fingerprint density at radius 3 is 2.70 bits per heavy atom. The van der Waals surface area contributed by atoms with Crippen LogP contribution in [0.25, 0.3) is 10.2 Å². The quantitative estimate of drug-likeness (QED) is 0.683. The number of carbonyl (C=O) groups is 1. The predicted octanol–water partition coefficient (Wildman–Crippen LogP) is 3.44. The second-order valence-electron chi connectivity index (χ2n) is 6.21. The summed E-state index contributed by atoms with van der Waals surface area (Å²) in [7, 11) is 0. The first kappa shape index (κ1) is 17.6. The molecule has 27 heavy (non-hydrogen) atoms. The van der Waals surface area contributed by atoms with Crippen molar-refractivity contribution in [2.75, 3.05) is 31.6 Å². The number of fused-ring (bicyclic) bond motifs is 1. The van der Waals surface area contributed by atoms with Crippen molar-refractivity contribution < 1.29 is 9.53 Å². The highest BCUT2D eigenvalue weighted by Crippen LogP contribution is 2.30. The van der Waals surface area contributed by atoms with E-state index in [-0.39, 0.29) is 5.91 Å². The molecule has 0 radical (unpaired) electrons. The molecule has 138 valence electrons. The molecule has 1 aliphatic heterocycles. The van der Waals surface area contributed by atoms with Crippen LogP contribution in [-0.2, 0) is 0 Å². The number of hydrogen-bond acceptors (Lipinski definition) is 7. The number of anilines is 1. The molecule has 7 nitrogen and oxygen atoms in total. The number of azo groups is 1. The lowest BCUT2D eigenvalue weighted by atomic mass is 10.0. The molecule has 0 bridgehead atoms. The molecule has 2 heterocycles. The van der Waals surface area contributed by atoms with E-state index in [1.807, 2.05) is 6.07 Å². The van der Waals surface area contributed by atoms with Gasteiger partial charge in [0.25, 0.3) is 5.91 Å². The van der Waals surface area contributed by atoms with E-state index in [2.05, 4.69) is 32.7 Å². The first-order valence-electron chi connectivity index (χ1n) is 8.71. The lowest BCUT2D eigenvalue weighted by Crippen LogP contribution is -2.12. The Balaban J connectivity index is 1.46. The Hall–Kier alpha value is -2.84. The number of thiazole rings is 1. The van der Waals surface area contributed by atoms with Gasteiger partial charge >= 0.3 is 0 Å². The van der Waals surface area contributed by atoms with Crippen LogP contribution >= 0.6 is 11.3 Å². The molecule has 0 aliphatic carbocycles. The second-order valence-corrected chi connectivity index (χ2v) is 7.24. The first-order chi connectivity index (χ1) is 13.2. The fraction of sp³-hybridized carbons (Fsp3) is 0.263. The van der Waals surface area contributed by atoms with E-state index in [1.54, 1.807) is 24.3 Å². The highest BCUT2D eigenvalue weighted by atomic mass is 32.1. The summed E-state index contributed by atoms with van der Waals surface area (Å²) in [4.78, 5) is 17.0. The SMILES string of the molecule is NCCOc1ccc(C(=O)Nc2nc3ccc(C4CN=NC4)cc3s2)cc1. The van der Waals surface area contributed by atoms with Crippen molar-refractivity contribution in [1.82, 2.24) is 4.98 Å². The molecule has 1 aliphatic rings. The summed E-state index contributed by atoms with van der Waals surface area (Å²) < 4.78 is 6.46. The number of nitrogens with zero attached hydrogens (tertiary/aromatic N) is 3. The van der Waals surface area contributed by atoms with Gasteiger partial charge in [-0.05, 0) is 42.0 Å². The van der Waals surface area contributed by atoms with Gasteiger partial charge in [-0.1, -0.05) is 17.4 Å². The van der Waals surface area contributed by atoms with Gasteiger partial charge in [-0.15, -0.1) is 0 Å². The van der Waals surface area contributed by atoms with Crippen LogP contribution in [0.4, 0.5) is 5.13 Å². The molecule has 8 heteroatoms. The molecule has 3 N–H and O–H groups in total. The second kappa shape index (κ2) is 7.81. The number of ether oxygens (including phenoxy) is 1. The van der Waals surface area contributed by atoms with Gasteiger partial charge < -0.3 is 10.5 Å². The largest absolute Gasteiger partial charge is 0.492 e. The predicted molar refractivity (Wildman–Crippen MR) is 106 cm³/mol. The third kappa shape index (κ3) is 3.96. The van der Waals surface area contributed by atoms with Crippen molar-refractivity contribution in [3.8, 4) is 5.75 Å². The van der Waals surface area contributed by atoms with Crippen LogP contribution in [0.3, 0.4) is 0 Å². The van der Waals surface area contributed by atoms with Gasteiger partial charge in [0, 0.05) is 18.0 Å². The van der Waals surface area contributed by atoms with Crippen molar-refractivity contribution >= 4 is 32.6 Å². The number of amides is 1. The lowest BCUT2D eigenvalue weighted by molar-refractivity contribution is 0.102. The zero-order valence-electron chi connectivity index (χ0n) is 14.6. The minimum atomic E-state index is -0.201. The van der Waals surface area contributed by atoms with E-state index >= 15 is 0 Å². The molecule has 0 unspecified atom stereocenters. The minimum Gasteiger partial charge on any atom is -0.492 e. The normalized spacial score (nSPS) is 14.0. The Bertz CT molecular complexity index is 975. The molecule has 0 fully saturated rings. The van der Waals surface area contributed by atoms with Crippen LogP contribution in [0.5, 0.6) is 5.75 Å². The molecule has 4 rings (SSSR count). The summed E-state index contributed by atoms with van der Waals surface area (Å²) in [6.07, 6.45) is 0. The van der Waals surface area contributed by atoms with Gasteiger partial charge in [-0.2, -0.15) is 10.2 Å². The molecule has 2 aromatic carbocycles. The van der Waals surface area contributed by atoms with E-state index in [0.717, 1.165) is 23.3 Å². The van der Waals surface area contributed by atoms with Crippen molar-refractivity contribution in [2.24, 2.45) is 16.0 Å². The van der Waals surface area contributed by atoms with E-state index in [9.17, 15) is 4.79 Å². The number of benzene rings is 2. The van der Waals surface area contributed by atoms with Gasteiger partial charge in [0.2, 0.25) is 0 Å². The Morgan fingerprint density at radius 2 is 1.96 bits per heavy atom. The topological polar surface area (TPSA) is 102 Å². The molecule has 0 saturated heterocycles. The Morgan fingerprint density at radius 1 is 1.19 bits per heavy atom. The van der Waals surface area contributed by atoms with Gasteiger partial charge in [0.05, 0.1) is 23.3 Å². The zero-order chi connectivity index (χ0) is 18.6. The van der Waals surface area contributed by atoms with Crippen LogP contribution in [0.1, 0.15) is 21.8 Å².